The van der Waals surface area contributed by atoms with Crippen LogP contribution in [0.25, 0.3) is 0 Å². The molecule has 104 heavy (non-hydrogen) atoms. The van der Waals surface area contributed by atoms with E-state index >= 15 is 0 Å². The van der Waals surface area contributed by atoms with Crippen molar-refractivity contribution in [3.63, 3.8) is 0 Å². The number of carbonyl (C=O) groups excluding carboxylic acids is 4. The third-order valence-corrected chi connectivity index (χ3v) is 20.1. The fourth-order valence-corrected chi connectivity index (χ4v) is 13.3. The lowest BCUT2D eigenvalue weighted by Crippen LogP contribution is -2.30. The van der Waals surface area contributed by atoms with Crippen LogP contribution >= 0.6 is 15.6 Å². The lowest BCUT2D eigenvalue weighted by Gasteiger charge is -2.21. The summed E-state index contributed by atoms with van der Waals surface area (Å²) in [6.45, 7) is 4.84. The maximum atomic E-state index is 13.1. The van der Waals surface area contributed by atoms with Crippen LogP contribution < -0.4 is 0 Å². The molecule has 0 saturated heterocycles. The van der Waals surface area contributed by atoms with Crippen molar-refractivity contribution in [2.45, 2.75) is 406 Å². The average molecular weight is 1510 g/mol. The zero-order valence-electron chi connectivity index (χ0n) is 66.5. The summed E-state index contributed by atoms with van der Waals surface area (Å²) in [6, 6.07) is 0. The van der Waals surface area contributed by atoms with Crippen LogP contribution in [0.4, 0.5) is 0 Å². The first-order chi connectivity index (χ1) is 50.7. The van der Waals surface area contributed by atoms with Gasteiger partial charge in [0.25, 0.3) is 0 Å². The predicted molar refractivity (Wildman–Crippen MR) is 427 cm³/mol. The van der Waals surface area contributed by atoms with Gasteiger partial charge in [-0.1, -0.05) is 338 Å². The molecule has 0 radical (unpaired) electrons. The summed E-state index contributed by atoms with van der Waals surface area (Å²) < 4.78 is 68.7. The highest BCUT2D eigenvalue weighted by Crippen LogP contribution is 2.45. The first-order valence-electron chi connectivity index (χ1n) is 42.2. The molecule has 0 rings (SSSR count). The number of carbonyl (C=O) groups is 4. The molecule has 0 fully saturated rings. The molecule has 0 aromatic carbocycles. The van der Waals surface area contributed by atoms with Gasteiger partial charge in [-0.25, -0.2) is 9.13 Å². The zero-order valence-corrected chi connectivity index (χ0v) is 68.2. The SMILES string of the molecule is CCCCC/C=C\C/C=C\C/C=C\C/C=C\CCCC(=O)OC[C@H](COP(=O)(O)OC[C@H](O)COP(=O)(O)OC[C@@H](COC(=O)CCCCCCC/C=C\C/C=C\CCCCC)OC(=O)CCCCCCCCCCCCCCCCCCC)OC(=O)CCCCCCCCCCCCCCCCC. The number of phosphoric acid groups is 2. The summed E-state index contributed by atoms with van der Waals surface area (Å²) in [4.78, 5) is 73.1. The van der Waals surface area contributed by atoms with E-state index in [4.69, 9.17) is 37.0 Å². The molecular weight excluding hydrogens is 1350 g/mol. The van der Waals surface area contributed by atoms with Crippen LogP contribution in [0.1, 0.15) is 387 Å². The minimum absolute atomic E-state index is 0.0891. The molecule has 0 heterocycles. The Hall–Kier alpha value is -3.50. The van der Waals surface area contributed by atoms with E-state index in [-0.39, 0.29) is 25.7 Å². The Labute approximate surface area is 634 Å². The number of hydrogen-bond acceptors (Lipinski definition) is 15. The van der Waals surface area contributed by atoms with Gasteiger partial charge in [-0.15, -0.1) is 0 Å². The zero-order chi connectivity index (χ0) is 76.0. The summed E-state index contributed by atoms with van der Waals surface area (Å²) in [5, 5.41) is 10.7. The Morgan fingerprint density at radius 1 is 0.269 bits per heavy atom. The summed E-state index contributed by atoms with van der Waals surface area (Å²) in [6.07, 6.45) is 80.1. The van der Waals surface area contributed by atoms with E-state index in [1.807, 2.05) is 12.2 Å². The molecule has 606 valence electrons. The van der Waals surface area contributed by atoms with Crippen LogP contribution in [0.15, 0.2) is 72.9 Å². The van der Waals surface area contributed by atoms with Crippen molar-refractivity contribution in [2.75, 3.05) is 39.6 Å². The number of hydrogen-bond donors (Lipinski definition) is 3. The van der Waals surface area contributed by atoms with E-state index in [2.05, 4.69) is 88.5 Å². The molecule has 0 aliphatic heterocycles. The number of allylic oxidation sites excluding steroid dienone is 12. The molecule has 3 N–H and O–H groups in total. The Balaban J connectivity index is 5.38. The molecule has 0 amide bonds. The van der Waals surface area contributed by atoms with Gasteiger partial charge in [0.1, 0.15) is 19.3 Å². The van der Waals surface area contributed by atoms with Gasteiger partial charge >= 0.3 is 39.5 Å². The van der Waals surface area contributed by atoms with Crippen molar-refractivity contribution < 1.29 is 80.2 Å². The van der Waals surface area contributed by atoms with Crippen molar-refractivity contribution in [1.82, 2.24) is 0 Å². The first-order valence-corrected chi connectivity index (χ1v) is 45.2. The van der Waals surface area contributed by atoms with Crippen molar-refractivity contribution in [3.05, 3.63) is 72.9 Å². The molecule has 0 aliphatic rings. The number of esters is 4. The molecule has 0 bridgehead atoms. The van der Waals surface area contributed by atoms with Crippen LogP contribution in [0, 0.1) is 0 Å². The van der Waals surface area contributed by atoms with Crippen molar-refractivity contribution in [1.29, 1.82) is 0 Å². The van der Waals surface area contributed by atoms with Gasteiger partial charge in [0, 0.05) is 25.7 Å². The van der Waals surface area contributed by atoms with Gasteiger partial charge < -0.3 is 33.8 Å². The number of aliphatic hydroxyl groups is 1. The molecule has 2 unspecified atom stereocenters. The maximum Gasteiger partial charge on any atom is 0.472 e. The largest absolute Gasteiger partial charge is 0.472 e. The number of phosphoric ester groups is 2. The van der Waals surface area contributed by atoms with E-state index in [1.165, 1.54) is 180 Å². The molecule has 19 heteroatoms. The fraction of sp³-hybridized carbons (Fsp3) is 0.812. The van der Waals surface area contributed by atoms with Crippen LogP contribution in [0.5, 0.6) is 0 Å². The summed E-state index contributed by atoms with van der Waals surface area (Å²) in [5.74, 6) is -2.22. The third kappa shape index (κ3) is 76.7. The minimum Gasteiger partial charge on any atom is -0.462 e. The first kappa shape index (κ1) is 100. The van der Waals surface area contributed by atoms with E-state index in [9.17, 15) is 43.2 Å². The van der Waals surface area contributed by atoms with Crippen molar-refractivity contribution in [2.24, 2.45) is 0 Å². The number of ether oxygens (including phenoxy) is 4. The lowest BCUT2D eigenvalue weighted by atomic mass is 10.0. The third-order valence-electron chi connectivity index (χ3n) is 18.2. The van der Waals surface area contributed by atoms with Crippen LogP contribution in [0.3, 0.4) is 0 Å². The minimum atomic E-state index is -4.98. The van der Waals surface area contributed by atoms with Crippen LogP contribution in [0.2, 0.25) is 0 Å². The maximum absolute atomic E-state index is 13.1. The summed E-state index contributed by atoms with van der Waals surface area (Å²) >= 11 is 0. The summed E-state index contributed by atoms with van der Waals surface area (Å²) in [5.41, 5.74) is 0. The molecule has 0 aliphatic carbocycles. The standard InChI is InChI=1S/C85H154O17P2/c1-5-9-13-17-21-25-29-33-37-39-43-46-50-54-58-62-66-70-83(88)96-76-80(101-84(89)71-67-63-59-55-51-47-42-36-32-28-24-20-16-12-8-4)77-99-103(91,92)97-73-79(86)74-98-104(93,94)100-78-81(75-95-82(87)69-65-61-57-53-49-45-41-35-31-27-23-19-15-11-7-3)102-85(90)72-68-64-60-56-52-48-44-40-38-34-30-26-22-18-14-10-6-2/h21,23,25,27,33,35,37,41,43,46,54,58,79-81,86H,5-20,22,24,26,28-32,34,36,38-40,42,44-45,47-53,55-57,59-78H2,1-4H3,(H,91,92)(H,93,94)/b25-21-,27-23-,37-33-,41-35-,46-43-,58-54-/t79-,80+,81+/m0/s1. The Morgan fingerprint density at radius 3 is 0.779 bits per heavy atom. The molecule has 0 aromatic heterocycles. The predicted octanol–water partition coefficient (Wildman–Crippen LogP) is 24.8. The second-order valence-corrected chi connectivity index (χ2v) is 31.3. The van der Waals surface area contributed by atoms with Gasteiger partial charge in [0.2, 0.25) is 0 Å². The highest BCUT2D eigenvalue weighted by atomic mass is 31.2. The molecular formula is C85H154O17P2. The number of unbranched alkanes of at least 4 members (excludes halogenated alkanes) is 42. The van der Waals surface area contributed by atoms with Gasteiger partial charge in [0.15, 0.2) is 12.2 Å². The van der Waals surface area contributed by atoms with Crippen LogP contribution in [-0.2, 0) is 65.4 Å². The van der Waals surface area contributed by atoms with E-state index in [1.54, 1.807) is 0 Å². The van der Waals surface area contributed by atoms with E-state index < -0.39 is 97.5 Å². The molecule has 0 saturated carbocycles. The lowest BCUT2D eigenvalue weighted by molar-refractivity contribution is -0.161. The van der Waals surface area contributed by atoms with E-state index in [0.29, 0.717) is 32.1 Å². The normalized spacial score (nSPS) is 14.2. The molecule has 17 nitrogen and oxygen atoms in total. The highest BCUT2D eigenvalue weighted by molar-refractivity contribution is 7.47. The summed E-state index contributed by atoms with van der Waals surface area (Å²) in [7, 11) is -9.96. The Bertz CT molecular complexity index is 2250. The number of aliphatic hydroxyl groups excluding tert-OH is 1. The monoisotopic (exact) mass is 1510 g/mol. The smallest absolute Gasteiger partial charge is 0.462 e. The molecule has 5 atom stereocenters. The quantitative estimate of drug-likeness (QED) is 0.0169. The molecule has 0 spiro atoms. The van der Waals surface area contributed by atoms with Gasteiger partial charge in [-0.3, -0.25) is 37.3 Å². The second kappa shape index (κ2) is 77.7. The van der Waals surface area contributed by atoms with Crippen LogP contribution in [-0.4, -0.2) is 96.7 Å². The number of rotatable bonds is 80. The molecule has 0 aromatic rings. The van der Waals surface area contributed by atoms with E-state index in [0.717, 1.165) is 122 Å². The van der Waals surface area contributed by atoms with Crippen molar-refractivity contribution >= 4 is 39.5 Å². The topological polar surface area (TPSA) is 237 Å². The Morgan fingerprint density at radius 2 is 0.481 bits per heavy atom. The average Bonchev–Trinajstić information content (AvgIpc) is 0.909. The second-order valence-electron chi connectivity index (χ2n) is 28.4. The highest BCUT2D eigenvalue weighted by Gasteiger charge is 2.30. The van der Waals surface area contributed by atoms with Crippen molar-refractivity contribution in [3.8, 4) is 0 Å². The van der Waals surface area contributed by atoms with Gasteiger partial charge in [-0.2, -0.15) is 0 Å². The van der Waals surface area contributed by atoms with Gasteiger partial charge in [0.05, 0.1) is 26.4 Å². The van der Waals surface area contributed by atoms with Gasteiger partial charge in [-0.05, 0) is 96.3 Å². The Kier molecular flexibility index (Phi) is 75.0. The fourth-order valence-electron chi connectivity index (χ4n) is 11.7.